The maximum absolute atomic E-state index is 13.6. The number of hydrazone groups is 1. The molecule has 0 radical (unpaired) electrons. The van der Waals surface area contributed by atoms with E-state index in [4.69, 9.17) is 0 Å². The number of benzene rings is 2. The first-order chi connectivity index (χ1) is 12.0. The van der Waals surface area contributed by atoms with Crippen LogP contribution in [0, 0.1) is 5.82 Å². The molecule has 25 heavy (non-hydrogen) atoms. The zero-order chi connectivity index (χ0) is 17.4. The molecule has 0 bridgehead atoms. The fourth-order valence-electron chi connectivity index (χ4n) is 3.60. The molecule has 130 valence electrons. The molecule has 0 saturated carbocycles. The molecular formula is C19H19FN2O2S. The molecule has 0 amide bonds. The van der Waals surface area contributed by atoms with Gasteiger partial charge in [-0.3, -0.25) is 5.43 Å². The number of sulfone groups is 1. The van der Waals surface area contributed by atoms with E-state index >= 15 is 0 Å². The van der Waals surface area contributed by atoms with Gasteiger partial charge < -0.3 is 0 Å². The lowest BCUT2D eigenvalue weighted by Gasteiger charge is -2.21. The number of hydrogen-bond acceptors (Lipinski definition) is 4. The Morgan fingerprint density at radius 3 is 2.76 bits per heavy atom. The van der Waals surface area contributed by atoms with E-state index in [9.17, 15) is 12.8 Å². The summed E-state index contributed by atoms with van der Waals surface area (Å²) in [6.07, 6.45) is 4.74. The number of fused-ring (bicyclic) bond motifs is 2. The van der Waals surface area contributed by atoms with Crippen LogP contribution in [0.3, 0.4) is 0 Å². The van der Waals surface area contributed by atoms with Crippen LogP contribution in [-0.4, -0.2) is 19.9 Å². The normalized spacial score (nSPS) is 20.0. The number of nitrogens with zero attached hydrogens (tertiary/aromatic N) is 1. The molecule has 0 saturated heterocycles. The third kappa shape index (κ3) is 3.06. The van der Waals surface area contributed by atoms with Crippen LogP contribution in [0.25, 0.3) is 0 Å². The Morgan fingerprint density at radius 1 is 1.04 bits per heavy atom. The van der Waals surface area contributed by atoms with E-state index in [2.05, 4.69) is 16.6 Å². The second kappa shape index (κ2) is 6.26. The van der Waals surface area contributed by atoms with E-state index in [1.54, 1.807) is 0 Å². The van der Waals surface area contributed by atoms with Crippen molar-refractivity contribution in [2.45, 2.75) is 37.0 Å². The second-order valence-corrected chi connectivity index (χ2v) is 8.61. The van der Waals surface area contributed by atoms with Crippen molar-refractivity contribution in [2.24, 2.45) is 5.10 Å². The lowest BCUT2D eigenvalue weighted by molar-refractivity contribution is 0.593. The van der Waals surface area contributed by atoms with Crippen molar-refractivity contribution >= 4 is 21.2 Å². The van der Waals surface area contributed by atoms with Gasteiger partial charge in [0.15, 0.2) is 9.84 Å². The molecule has 6 heteroatoms. The van der Waals surface area contributed by atoms with Gasteiger partial charge in [-0.2, -0.15) is 5.10 Å². The van der Waals surface area contributed by atoms with Crippen LogP contribution in [0.2, 0.25) is 0 Å². The summed E-state index contributed by atoms with van der Waals surface area (Å²) >= 11 is 0. The van der Waals surface area contributed by atoms with E-state index in [1.807, 2.05) is 12.1 Å². The van der Waals surface area contributed by atoms with E-state index < -0.39 is 15.7 Å². The third-order valence-electron chi connectivity index (χ3n) is 4.90. The molecule has 0 unspecified atom stereocenters. The maximum atomic E-state index is 13.6. The lowest BCUT2D eigenvalue weighted by atomic mass is 9.90. The van der Waals surface area contributed by atoms with Crippen LogP contribution >= 0.6 is 0 Å². The number of hydrogen-bond donors (Lipinski definition) is 1. The fraction of sp³-hybridized carbons (Fsp3) is 0.316. The monoisotopic (exact) mass is 358 g/mol. The molecule has 2 aromatic rings. The molecule has 1 aliphatic heterocycles. The molecule has 2 aliphatic rings. The minimum absolute atomic E-state index is 0.000950. The summed E-state index contributed by atoms with van der Waals surface area (Å²) in [4.78, 5) is 0.163. The van der Waals surface area contributed by atoms with Crippen LogP contribution in [0.15, 0.2) is 46.4 Å². The molecule has 1 N–H and O–H groups in total. The van der Waals surface area contributed by atoms with Crippen molar-refractivity contribution in [1.29, 1.82) is 0 Å². The highest BCUT2D eigenvalue weighted by Gasteiger charge is 2.28. The number of aryl methyl sites for hydroxylation is 1. The Morgan fingerprint density at radius 2 is 1.88 bits per heavy atom. The highest BCUT2D eigenvalue weighted by molar-refractivity contribution is 7.91. The summed E-state index contributed by atoms with van der Waals surface area (Å²) < 4.78 is 38.0. The van der Waals surface area contributed by atoms with Crippen molar-refractivity contribution in [3.8, 4) is 0 Å². The number of anilines is 1. The topological polar surface area (TPSA) is 58.5 Å². The molecular weight excluding hydrogens is 339 g/mol. The molecule has 1 aliphatic carbocycles. The van der Waals surface area contributed by atoms with Crippen molar-refractivity contribution in [2.75, 3.05) is 11.2 Å². The number of halogens is 1. The molecule has 0 spiro atoms. The quantitative estimate of drug-likeness (QED) is 0.658. The standard InChI is InChI=1S/C19H19FN2O2S/c20-14-8-9-19-16(12-14)18(10-11-25(19,23)24)22-21-17-7-3-5-13-4-1-2-6-15(13)17/h3,5,7-9,12,21H,1-2,4,6,10-11H2/b22-18+. The van der Waals surface area contributed by atoms with Gasteiger partial charge in [0.2, 0.25) is 0 Å². The van der Waals surface area contributed by atoms with Gasteiger partial charge in [0, 0.05) is 12.0 Å². The van der Waals surface area contributed by atoms with Gasteiger partial charge in [-0.1, -0.05) is 12.1 Å². The highest BCUT2D eigenvalue weighted by Crippen LogP contribution is 2.29. The lowest BCUT2D eigenvalue weighted by Crippen LogP contribution is -2.23. The zero-order valence-corrected chi connectivity index (χ0v) is 14.6. The van der Waals surface area contributed by atoms with Gasteiger partial charge in [-0.15, -0.1) is 0 Å². The van der Waals surface area contributed by atoms with Crippen molar-refractivity contribution in [3.05, 3.63) is 58.9 Å². The Hall–Kier alpha value is -2.21. The summed E-state index contributed by atoms with van der Waals surface area (Å²) in [7, 11) is -3.36. The summed E-state index contributed by atoms with van der Waals surface area (Å²) in [6.45, 7) is 0. The molecule has 0 atom stereocenters. The molecule has 0 fully saturated rings. The minimum atomic E-state index is -3.36. The zero-order valence-electron chi connectivity index (χ0n) is 13.8. The first kappa shape index (κ1) is 16.3. The highest BCUT2D eigenvalue weighted by atomic mass is 32.2. The Kier molecular flexibility index (Phi) is 4.07. The summed E-state index contributed by atoms with van der Waals surface area (Å²) in [5, 5.41) is 4.45. The summed E-state index contributed by atoms with van der Waals surface area (Å²) in [6, 6.07) is 9.91. The van der Waals surface area contributed by atoms with Gasteiger partial charge in [-0.05, 0) is 61.1 Å². The second-order valence-electron chi connectivity index (χ2n) is 6.53. The predicted molar refractivity (Wildman–Crippen MR) is 96.3 cm³/mol. The number of nitrogens with one attached hydrogen (secondary N) is 1. The van der Waals surface area contributed by atoms with Crippen molar-refractivity contribution < 1.29 is 12.8 Å². The summed E-state index contributed by atoms with van der Waals surface area (Å²) in [5.41, 5.74) is 7.62. The average Bonchev–Trinajstić information content (AvgIpc) is 2.61. The molecule has 2 aromatic carbocycles. The molecule has 0 aromatic heterocycles. The fourth-order valence-corrected chi connectivity index (χ4v) is 5.07. The maximum Gasteiger partial charge on any atom is 0.179 e. The average molecular weight is 358 g/mol. The number of rotatable bonds is 2. The third-order valence-corrected chi connectivity index (χ3v) is 6.67. The summed E-state index contributed by atoms with van der Waals surface area (Å²) in [5.74, 6) is -0.459. The van der Waals surface area contributed by atoms with Gasteiger partial charge in [-0.25, -0.2) is 12.8 Å². The molecule has 4 rings (SSSR count). The Labute approximate surface area is 146 Å². The van der Waals surface area contributed by atoms with Gasteiger partial charge in [0.25, 0.3) is 0 Å². The van der Waals surface area contributed by atoms with Gasteiger partial charge in [0.1, 0.15) is 5.82 Å². The van der Waals surface area contributed by atoms with Crippen LogP contribution in [0.5, 0.6) is 0 Å². The SMILES string of the molecule is O=S1(=O)CC/C(=N\Nc2cccc3c2CCCC3)c2cc(F)ccc21. The van der Waals surface area contributed by atoms with Crippen molar-refractivity contribution in [3.63, 3.8) is 0 Å². The van der Waals surface area contributed by atoms with Gasteiger partial charge >= 0.3 is 0 Å². The minimum Gasteiger partial charge on any atom is -0.278 e. The largest absolute Gasteiger partial charge is 0.278 e. The van der Waals surface area contributed by atoms with Crippen LogP contribution in [-0.2, 0) is 22.7 Å². The Balaban J connectivity index is 1.71. The van der Waals surface area contributed by atoms with E-state index in [-0.39, 0.29) is 17.1 Å². The van der Waals surface area contributed by atoms with E-state index in [0.717, 1.165) is 24.9 Å². The Bertz CT molecular complexity index is 967. The predicted octanol–water partition coefficient (Wildman–Crippen LogP) is 3.70. The van der Waals surface area contributed by atoms with Crippen LogP contribution in [0.4, 0.5) is 10.1 Å². The van der Waals surface area contributed by atoms with Crippen LogP contribution < -0.4 is 5.43 Å². The smallest absolute Gasteiger partial charge is 0.179 e. The van der Waals surface area contributed by atoms with E-state index in [0.29, 0.717) is 11.3 Å². The van der Waals surface area contributed by atoms with Crippen LogP contribution in [0.1, 0.15) is 36.0 Å². The first-order valence-electron chi connectivity index (χ1n) is 8.51. The van der Waals surface area contributed by atoms with Crippen molar-refractivity contribution in [1.82, 2.24) is 0 Å². The molecule has 1 heterocycles. The van der Waals surface area contributed by atoms with E-state index in [1.165, 1.54) is 35.7 Å². The van der Waals surface area contributed by atoms with Gasteiger partial charge in [0.05, 0.1) is 22.0 Å². The molecule has 4 nitrogen and oxygen atoms in total. The first-order valence-corrected chi connectivity index (χ1v) is 10.2.